The number of alkyl halides is 1. The van der Waals surface area contributed by atoms with Crippen molar-refractivity contribution < 1.29 is 4.79 Å². The van der Waals surface area contributed by atoms with Gasteiger partial charge >= 0.3 is 0 Å². The summed E-state index contributed by atoms with van der Waals surface area (Å²) in [7, 11) is 0. The predicted molar refractivity (Wildman–Crippen MR) is 62.6 cm³/mol. The average Bonchev–Trinajstić information content (AvgIpc) is 1.96. The highest BCUT2D eigenvalue weighted by Gasteiger charge is 2.27. The van der Waals surface area contributed by atoms with Crippen LogP contribution >= 0.6 is 15.9 Å². The zero-order chi connectivity index (χ0) is 10.8. The number of nitrogens with one attached hydrogen (secondary N) is 1. The van der Waals surface area contributed by atoms with Crippen LogP contribution in [0.25, 0.3) is 0 Å². The lowest BCUT2D eigenvalue weighted by Gasteiger charge is -2.31. The number of hydrogen-bond acceptors (Lipinski definition) is 1. The summed E-state index contributed by atoms with van der Waals surface area (Å²) in [6, 6.07) is 0. The minimum atomic E-state index is -0.152. The van der Waals surface area contributed by atoms with Crippen molar-refractivity contribution in [3.05, 3.63) is 0 Å². The molecule has 0 aromatic heterocycles. The molecule has 1 unspecified atom stereocenters. The largest absolute Gasteiger partial charge is 0.350 e. The molecule has 1 fully saturated rings. The van der Waals surface area contributed by atoms with E-state index in [4.69, 9.17) is 0 Å². The van der Waals surface area contributed by atoms with Crippen molar-refractivity contribution in [3.8, 4) is 0 Å². The maximum Gasteiger partial charge on any atom is 0.220 e. The summed E-state index contributed by atoms with van der Waals surface area (Å²) in [5.74, 6) is 0.849. The molecule has 0 aliphatic heterocycles. The molecule has 82 valence electrons. The van der Waals surface area contributed by atoms with E-state index in [1.54, 1.807) is 0 Å². The number of rotatable bonds is 4. The second kappa shape index (κ2) is 4.65. The number of carbonyl (C=O) groups is 1. The monoisotopic (exact) mass is 261 g/mol. The molecule has 3 heteroatoms. The van der Waals surface area contributed by atoms with E-state index in [1.807, 2.05) is 13.8 Å². The van der Waals surface area contributed by atoms with Gasteiger partial charge in [0.05, 0.1) is 0 Å². The van der Waals surface area contributed by atoms with Gasteiger partial charge in [-0.25, -0.2) is 0 Å². The van der Waals surface area contributed by atoms with E-state index in [-0.39, 0.29) is 11.4 Å². The highest BCUT2D eigenvalue weighted by atomic mass is 79.9. The second-order valence-corrected chi connectivity index (χ2v) is 6.26. The molecule has 1 N–H and O–H groups in total. The zero-order valence-electron chi connectivity index (χ0n) is 9.27. The van der Waals surface area contributed by atoms with Gasteiger partial charge in [-0.2, -0.15) is 0 Å². The zero-order valence-corrected chi connectivity index (χ0v) is 10.9. The predicted octanol–water partition coefficient (Wildman–Crippen LogP) is 2.85. The lowest BCUT2D eigenvalue weighted by molar-refractivity contribution is -0.124. The van der Waals surface area contributed by atoms with Gasteiger partial charge in [0, 0.05) is 16.8 Å². The molecule has 1 saturated carbocycles. The summed E-state index contributed by atoms with van der Waals surface area (Å²) >= 11 is 3.51. The highest BCUT2D eigenvalue weighted by molar-refractivity contribution is 9.09. The van der Waals surface area contributed by atoms with Crippen LogP contribution < -0.4 is 5.32 Å². The first-order valence-electron chi connectivity index (χ1n) is 5.37. The van der Waals surface area contributed by atoms with Gasteiger partial charge in [-0.1, -0.05) is 29.3 Å². The quantitative estimate of drug-likeness (QED) is 0.775. The average molecular weight is 262 g/mol. The van der Waals surface area contributed by atoms with Gasteiger partial charge in [0.2, 0.25) is 5.91 Å². The minimum Gasteiger partial charge on any atom is -0.350 e. The van der Waals surface area contributed by atoms with Crippen molar-refractivity contribution in [1.82, 2.24) is 5.32 Å². The van der Waals surface area contributed by atoms with Gasteiger partial charge in [-0.3, -0.25) is 4.79 Å². The number of halogens is 1. The van der Waals surface area contributed by atoms with Crippen molar-refractivity contribution in [2.45, 2.75) is 56.8 Å². The van der Waals surface area contributed by atoms with Gasteiger partial charge < -0.3 is 5.32 Å². The Morgan fingerprint density at radius 1 is 1.57 bits per heavy atom. The Balaban J connectivity index is 2.31. The van der Waals surface area contributed by atoms with E-state index >= 15 is 0 Å². The summed E-state index contributed by atoms with van der Waals surface area (Å²) in [5.41, 5.74) is -0.152. The second-order valence-electron chi connectivity index (χ2n) is 4.89. The van der Waals surface area contributed by atoms with E-state index in [0.29, 0.717) is 17.2 Å². The minimum absolute atomic E-state index is 0.152. The molecule has 14 heavy (non-hydrogen) atoms. The molecule has 0 heterocycles. The molecule has 0 spiro atoms. The van der Waals surface area contributed by atoms with Crippen molar-refractivity contribution in [3.63, 3.8) is 0 Å². The molecule has 2 nitrogen and oxygen atoms in total. The molecule has 1 amide bonds. The van der Waals surface area contributed by atoms with Crippen LogP contribution in [0.5, 0.6) is 0 Å². The molecule has 0 saturated heterocycles. The summed E-state index contributed by atoms with van der Waals surface area (Å²) in [5, 5.41) is 3.07. The number of amides is 1. The van der Waals surface area contributed by atoms with Crippen LogP contribution in [0.3, 0.4) is 0 Å². The third kappa shape index (κ3) is 3.26. The first kappa shape index (κ1) is 12.0. The van der Waals surface area contributed by atoms with Crippen LogP contribution in [0, 0.1) is 5.92 Å². The molecular formula is C11H20BrNO. The first-order chi connectivity index (χ1) is 6.42. The summed E-state index contributed by atoms with van der Waals surface area (Å²) < 4.78 is 0. The Labute approximate surface area is 95.0 Å². The van der Waals surface area contributed by atoms with Gasteiger partial charge in [0.1, 0.15) is 0 Å². The first-order valence-corrected chi connectivity index (χ1v) is 6.28. The molecule has 1 atom stereocenters. The van der Waals surface area contributed by atoms with Crippen LogP contribution in [0.1, 0.15) is 46.5 Å². The molecule has 0 radical (unpaired) electrons. The van der Waals surface area contributed by atoms with E-state index in [0.717, 1.165) is 0 Å². The van der Waals surface area contributed by atoms with Gasteiger partial charge in [0.25, 0.3) is 0 Å². The van der Waals surface area contributed by atoms with Crippen LogP contribution in [0.2, 0.25) is 0 Å². The van der Waals surface area contributed by atoms with Gasteiger partial charge in [-0.05, 0) is 32.6 Å². The van der Waals surface area contributed by atoms with Crippen molar-refractivity contribution in [2.24, 2.45) is 5.92 Å². The van der Waals surface area contributed by atoms with Gasteiger partial charge in [-0.15, -0.1) is 0 Å². The standard InChI is InChI=1S/C11H20BrNO/c1-8(12)11(2,3)13-10(14)7-9-5-4-6-9/h8-9H,4-7H2,1-3H3,(H,13,14). The lowest BCUT2D eigenvalue weighted by atomic mass is 9.82. The number of carbonyl (C=O) groups excluding carboxylic acids is 1. The Hall–Kier alpha value is -0.0500. The van der Waals surface area contributed by atoms with E-state index < -0.39 is 0 Å². The molecular weight excluding hydrogens is 242 g/mol. The summed E-state index contributed by atoms with van der Waals surface area (Å²) in [6.07, 6.45) is 4.48. The van der Waals surface area contributed by atoms with Crippen LogP contribution in [0.4, 0.5) is 0 Å². The summed E-state index contributed by atoms with van der Waals surface area (Å²) in [6.45, 7) is 6.15. The summed E-state index contributed by atoms with van der Waals surface area (Å²) in [4.78, 5) is 11.9. The molecule has 0 aromatic rings. The molecule has 0 aromatic carbocycles. The van der Waals surface area contributed by atoms with Crippen molar-refractivity contribution in [2.75, 3.05) is 0 Å². The Bertz CT molecular complexity index is 209. The van der Waals surface area contributed by atoms with E-state index in [1.165, 1.54) is 19.3 Å². The topological polar surface area (TPSA) is 29.1 Å². The third-order valence-corrected chi connectivity index (χ3v) is 4.30. The molecule has 1 rings (SSSR count). The molecule has 1 aliphatic rings. The van der Waals surface area contributed by atoms with E-state index in [2.05, 4.69) is 28.2 Å². The Morgan fingerprint density at radius 3 is 2.50 bits per heavy atom. The smallest absolute Gasteiger partial charge is 0.220 e. The maximum absolute atomic E-state index is 11.6. The maximum atomic E-state index is 11.6. The van der Waals surface area contributed by atoms with Crippen LogP contribution in [0.15, 0.2) is 0 Å². The molecule has 1 aliphatic carbocycles. The number of hydrogen-bond donors (Lipinski definition) is 1. The Kier molecular flexibility index (Phi) is 3.99. The lowest BCUT2D eigenvalue weighted by Crippen LogP contribution is -2.49. The fourth-order valence-corrected chi connectivity index (χ4v) is 1.58. The third-order valence-electron chi connectivity index (χ3n) is 3.15. The normalized spacial score (nSPS) is 20.0. The fraction of sp³-hybridized carbons (Fsp3) is 0.909. The highest BCUT2D eigenvalue weighted by Crippen LogP contribution is 2.29. The van der Waals surface area contributed by atoms with Gasteiger partial charge in [0.15, 0.2) is 0 Å². The molecule has 0 bridgehead atoms. The van der Waals surface area contributed by atoms with Crippen molar-refractivity contribution >= 4 is 21.8 Å². The fourth-order valence-electron chi connectivity index (χ4n) is 1.47. The van der Waals surface area contributed by atoms with Crippen LogP contribution in [-0.2, 0) is 4.79 Å². The van der Waals surface area contributed by atoms with E-state index in [9.17, 15) is 4.79 Å². The Morgan fingerprint density at radius 2 is 2.14 bits per heavy atom. The van der Waals surface area contributed by atoms with Crippen molar-refractivity contribution in [1.29, 1.82) is 0 Å². The SMILES string of the molecule is CC(Br)C(C)(C)NC(=O)CC1CCC1. The van der Waals surface area contributed by atoms with Crippen LogP contribution in [-0.4, -0.2) is 16.3 Å².